The van der Waals surface area contributed by atoms with Gasteiger partial charge >= 0.3 is 0 Å². The molecule has 0 radical (unpaired) electrons. The van der Waals surface area contributed by atoms with E-state index < -0.39 is 0 Å². The van der Waals surface area contributed by atoms with Crippen molar-refractivity contribution in [1.82, 2.24) is 9.80 Å². The Morgan fingerprint density at radius 3 is 1.73 bits per heavy atom. The molecule has 15 heavy (non-hydrogen) atoms. The largest absolute Gasteiger partial charge is 0.419 e. The highest BCUT2D eigenvalue weighted by molar-refractivity contribution is 5.44. The zero-order valence-electron chi connectivity index (χ0n) is 10.0. The maximum atomic E-state index is 5.85. The minimum atomic E-state index is 0.822. The number of hydrogen-bond acceptors (Lipinski definition) is 3. The van der Waals surface area contributed by atoms with E-state index in [4.69, 9.17) is 5.73 Å². The molecule has 1 rings (SSSR count). The topological polar surface area (TPSA) is 32.5 Å². The van der Waals surface area contributed by atoms with Gasteiger partial charge in [0.15, 0.2) is 0 Å². The fraction of sp³-hybridized carbons (Fsp3) is 0.500. The number of nitrogen functional groups attached to an aromatic ring is 1. The summed E-state index contributed by atoms with van der Waals surface area (Å²) in [5.41, 5.74) is 8.98. The van der Waals surface area contributed by atoms with Crippen molar-refractivity contribution in [3.05, 3.63) is 29.3 Å². The summed E-state index contributed by atoms with van der Waals surface area (Å²) in [7, 11) is 8.18. The van der Waals surface area contributed by atoms with E-state index >= 15 is 0 Å². The molecule has 0 unspecified atom stereocenters. The van der Waals surface area contributed by atoms with E-state index in [1.54, 1.807) is 0 Å². The van der Waals surface area contributed by atoms with Crippen LogP contribution in [0.3, 0.4) is 0 Å². The normalized spacial score (nSPS) is 11.3. The highest BCUT2D eigenvalue weighted by atomic mass is 15.1. The zero-order chi connectivity index (χ0) is 11.4. The van der Waals surface area contributed by atoms with Crippen molar-refractivity contribution in [3.8, 4) is 0 Å². The van der Waals surface area contributed by atoms with Gasteiger partial charge in [-0.15, -0.1) is 23.3 Å². The fourth-order valence-corrected chi connectivity index (χ4v) is 1.57. The van der Waals surface area contributed by atoms with Crippen molar-refractivity contribution < 1.29 is 0 Å². The maximum absolute atomic E-state index is 5.85. The third kappa shape index (κ3) is 4.32. The first kappa shape index (κ1) is 12.0. The van der Waals surface area contributed by atoms with Crippen LogP contribution in [0.25, 0.3) is 0 Å². The van der Waals surface area contributed by atoms with Crippen LogP contribution in [0.4, 0.5) is 5.69 Å². The summed E-state index contributed by atoms with van der Waals surface area (Å²) < 4.78 is 0. The first-order chi connectivity index (χ1) is 6.97. The van der Waals surface area contributed by atoms with Crippen molar-refractivity contribution >= 4 is 5.69 Å². The van der Waals surface area contributed by atoms with Gasteiger partial charge in [-0.1, -0.05) is 5.69 Å². The fourth-order valence-electron chi connectivity index (χ4n) is 1.57. The molecule has 0 aliphatic heterocycles. The van der Waals surface area contributed by atoms with Gasteiger partial charge in [0.2, 0.25) is 0 Å². The quantitative estimate of drug-likeness (QED) is 0.593. The Balaban J connectivity index is 2.84. The van der Waals surface area contributed by atoms with Gasteiger partial charge < -0.3 is 15.5 Å². The summed E-state index contributed by atoms with van der Waals surface area (Å²) >= 11 is 0. The molecule has 0 bridgehead atoms. The number of nitrogens with zero attached hydrogens (tertiary/aromatic N) is 2. The molecule has 0 heterocycles. The Bertz CT molecular complexity index is 290. The van der Waals surface area contributed by atoms with Crippen molar-refractivity contribution in [3.63, 3.8) is 0 Å². The molecule has 0 fully saturated rings. The molecule has 0 aliphatic rings. The highest BCUT2D eigenvalue weighted by Crippen LogP contribution is 2.13. The minimum Gasteiger partial charge on any atom is -0.419 e. The molecule has 3 heteroatoms. The van der Waals surface area contributed by atoms with E-state index in [1.165, 1.54) is 0 Å². The third-order valence-corrected chi connectivity index (χ3v) is 1.98. The molecule has 0 atom stereocenters. The molecule has 0 aromatic heterocycles. The van der Waals surface area contributed by atoms with Crippen LogP contribution in [0.5, 0.6) is 0 Å². The van der Waals surface area contributed by atoms with Gasteiger partial charge in [-0.05, 0) is 28.2 Å². The lowest BCUT2D eigenvalue weighted by molar-refractivity contribution is 0.395. The van der Waals surface area contributed by atoms with Crippen LogP contribution in [0.1, 0.15) is 11.1 Å². The summed E-state index contributed by atoms with van der Waals surface area (Å²) in [6.07, 6.45) is 0. The second kappa shape index (κ2) is 5.14. The summed E-state index contributed by atoms with van der Waals surface area (Å²) in [6, 6.07) is 7.36. The molecule has 1 aromatic carbocycles. The van der Waals surface area contributed by atoms with E-state index in [0.29, 0.717) is 0 Å². The lowest BCUT2D eigenvalue weighted by Crippen LogP contribution is -2.14. The van der Waals surface area contributed by atoms with Crippen LogP contribution in [-0.2, 0) is 13.1 Å². The van der Waals surface area contributed by atoms with Crippen LogP contribution in [0.2, 0.25) is 0 Å². The number of nitrogens with two attached hydrogens (primary N) is 1. The molecule has 2 N–H and O–H groups in total. The van der Waals surface area contributed by atoms with Crippen LogP contribution in [0, 0.1) is 6.07 Å². The Hall–Kier alpha value is -1.06. The molecule has 3 nitrogen and oxygen atoms in total. The smallest absolute Gasteiger partial charge is 0.000196 e. The van der Waals surface area contributed by atoms with Gasteiger partial charge in [0.05, 0.1) is 0 Å². The Kier molecular flexibility index (Phi) is 4.12. The van der Waals surface area contributed by atoms with E-state index in [9.17, 15) is 0 Å². The molecule has 0 aliphatic carbocycles. The molecule has 0 saturated carbocycles. The van der Waals surface area contributed by atoms with E-state index in [2.05, 4.69) is 15.9 Å². The van der Waals surface area contributed by atoms with Gasteiger partial charge in [0, 0.05) is 13.1 Å². The van der Waals surface area contributed by atoms with Crippen LogP contribution >= 0.6 is 0 Å². The molecule has 0 saturated heterocycles. The number of anilines is 1. The second-order valence-electron chi connectivity index (χ2n) is 4.44. The zero-order valence-corrected chi connectivity index (χ0v) is 10.0. The Morgan fingerprint density at radius 1 is 1.00 bits per heavy atom. The van der Waals surface area contributed by atoms with Crippen molar-refractivity contribution in [2.75, 3.05) is 33.9 Å². The SMILES string of the molecule is CN(C)Cc1[c-]c(CN(C)C)cc(N)c1. The standard InChI is InChI=1S/C12H20N3/c1-14(2)8-10-5-11(9-15(3)4)7-12(13)6-10/h6-7H,8-9,13H2,1-4H3/q-1. The molecular formula is C12H20N3-. The molecule has 0 amide bonds. The molecule has 1 aromatic rings. The van der Waals surface area contributed by atoms with E-state index in [1.807, 2.05) is 40.3 Å². The lowest BCUT2D eigenvalue weighted by Gasteiger charge is -2.20. The van der Waals surface area contributed by atoms with E-state index in [0.717, 1.165) is 29.9 Å². The summed E-state index contributed by atoms with van der Waals surface area (Å²) in [5, 5.41) is 0. The van der Waals surface area contributed by atoms with Crippen LogP contribution < -0.4 is 5.73 Å². The predicted molar refractivity (Wildman–Crippen MR) is 64.5 cm³/mol. The Morgan fingerprint density at radius 2 is 1.40 bits per heavy atom. The molecule has 84 valence electrons. The molecule has 0 spiro atoms. The predicted octanol–water partition coefficient (Wildman–Crippen LogP) is 1.19. The van der Waals surface area contributed by atoms with Crippen LogP contribution in [-0.4, -0.2) is 38.0 Å². The number of hydrogen-bond donors (Lipinski definition) is 1. The lowest BCUT2D eigenvalue weighted by atomic mass is 10.1. The van der Waals surface area contributed by atoms with Gasteiger partial charge in [-0.25, -0.2) is 0 Å². The summed E-state index contributed by atoms with van der Waals surface area (Å²) in [4.78, 5) is 4.23. The number of rotatable bonds is 4. The van der Waals surface area contributed by atoms with E-state index in [-0.39, 0.29) is 0 Å². The minimum absolute atomic E-state index is 0.822. The average Bonchev–Trinajstić information content (AvgIpc) is 1.98. The summed E-state index contributed by atoms with van der Waals surface area (Å²) in [6.45, 7) is 1.76. The van der Waals surface area contributed by atoms with Gasteiger partial charge in [-0.2, -0.15) is 6.07 Å². The highest BCUT2D eigenvalue weighted by Gasteiger charge is 1.94. The monoisotopic (exact) mass is 206 g/mol. The van der Waals surface area contributed by atoms with Gasteiger partial charge in [0.1, 0.15) is 0 Å². The molecular weight excluding hydrogens is 186 g/mol. The number of benzene rings is 1. The average molecular weight is 206 g/mol. The Labute approximate surface area is 92.5 Å². The summed E-state index contributed by atoms with van der Waals surface area (Å²) in [5.74, 6) is 0. The first-order valence-corrected chi connectivity index (χ1v) is 5.07. The van der Waals surface area contributed by atoms with Crippen molar-refractivity contribution in [2.45, 2.75) is 13.1 Å². The second-order valence-corrected chi connectivity index (χ2v) is 4.44. The maximum Gasteiger partial charge on any atom is 0.000196 e. The first-order valence-electron chi connectivity index (χ1n) is 5.07. The van der Waals surface area contributed by atoms with Crippen LogP contribution in [0.15, 0.2) is 12.1 Å². The van der Waals surface area contributed by atoms with Gasteiger partial charge in [-0.3, -0.25) is 0 Å². The third-order valence-electron chi connectivity index (χ3n) is 1.98. The van der Waals surface area contributed by atoms with Gasteiger partial charge in [0.25, 0.3) is 0 Å². The van der Waals surface area contributed by atoms with Crippen molar-refractivity contribution in [2.24, 2.45) is 0 Å². The van der Waals surface area contributed by atoms with Crippen molar-refractivity contribution in [1.29, 1.82) is 0 Å².